The zero-order valence-electron chi connectivity index (χ0n) is 43.2. The van der Waals surface area contributed by atoms with Gasteiger partial charge in [0.1, 0.15) is 29.8 Å². The third kappa shape index (κ3) is 20.5. The Morgan fingerprint density at radius 1 is 0.757 bits per heavy atom. The Hall–Kier alpha value is -6.92. The average Bonchev–Trinajstić information content (AvgIpc) is 3.39. The zero-order valence-corrected chi connectivity index (χ0v) is 43.2. The number of azide groups is 1. The molecule has 0 fully saturated rings. The minimum absolute atomic E-state index is 0.00629. The summed E-state index contributed by atoms with van der Waals surface area (Å²) in [5, 5.41) is 8.21. The number of aryl methyl sites for hydroxylation is 1. The van der Waals surface area contributed by atoms with Crippen molar-refractivity contribution in [1.82, 2.24) is 10.3 Å². The van der Waals surface area contributed by atoms with Crippen molar-refractivity contribution in [2.24, 2.45) is 5.11 Å². The highest BCUT2D eigenvalue weighted by atomic mass is 16.6. The Labute approximate surface area is 433 Å². The number of ether oxygens (including phenoxy) is 8. The van der Waals surface area contributed by atoms with Gasteiger partial charge in [-0.25, -0.2) is 9.78 Å². The quantitative estimate of drug-likeness (QED) is 0.0136. The lowest BCUT2D eigenvalue weighted by atomic mass is 9.87. The predicted octanol–water partition coefficient (Wildman–Crippen LogP) is 9.50. The summed E-state index contributed by atoms with van der Waals surface area (Å²) in [6.45, 7) is 11.4. The number of carbonyl (C=O) groups is 4. The Kier molecular flexibility index (Phi) is 24.8. The fourth-order valence-electron chi connectivity index (χ4n) is 7.72. The maximum absolute atomic E-state index is 14.3. The summed E-state index contributed by atoms with van der Waals surface area (Å²) in [5.74, 6) is -0.651. The highest BCUT2D eigenvalue weighted by Gasteiger charge is 2.28. The summed E-state index contributed by atoms with van der Waals surface area (Å²) in [5.41, 5.74) is 12.0. The van der Waals surface area contributed by atoms with Crippen LogP contribution in [0, 0.1) is 6.92 Å². The molecule has 0 bridgehead atoms. The van der Waals surface area contributed by atoms with Gasteiger partial charge in [-0.15, -0.1) is 0 Å². The summed E-state index contributed by atoms with van der Waals surface area (Å²) in [4.78, 5) is 62.6. The van der Waals surface area contributed by atoms with Gasteiger partial charge < -0.3 is 43.2 Å². The molecule has 0 aliphatic carbocycles. The molecule has 1 N–H and O–H groups in total. The van der Waals surface area contributed by atoms with E-state index in [1.165, 1.54) is 12.0 Å². The second kappa shape index (κ2) is 31.6. The van der Waals surface area contributed by atoms with Crippen molar-refractivity contribution in [2.75, 3.05) is 91.2 Å². The number of aromatic nitrogens is 1. The molecule has 74 heavy (non-hydrogen) atoms. The van der Waals surface area contributed by atoms with Crippen LogP contribution in [0.15, 0.2) is 114 Å². The van der Waals surface area contributed by atoms with E-state index >= 15 is 0 Å². The monoisotopic (exact) mass is 1020 g/mol. The maximum atomic E-state index is 14.3. The number of Topliss-reactive ketones (excluding diaryl/α,β-unsaturated/α-hetero) is 1. The predicted molar refractivity (Wildman–Crippen MR) is 281 cm³/mol. The molecule has 0 spiro atoms. The molecule has 2 atom stereocenters. The summed E-state index contributed by atoms with van der Waals surface area (Å²) >= 11 is 0. The number of fused-ring (bicyclic) bond motifs is 1. The van der Waals surface area contributed by atoms with Crippen LogP contribution in [0.4, 0.5) is 10.6 Å². The SMILES string of the molecule is COC(=O)C[C@H](CC(=O)[C@H](COCc1ccccc1)NC(=O)CCCN(C(=O)OC(C)(C)C)c1cc(C)ccn1)c1ccc(-c2ccc(OCCOCCOCCOCCOCCN=[N+]=[N-])c3ccccc23)cc1. The van der Waals surface area contributed by atoms with Crippen molar-refractivity contribution in [2.45, 2.75) is 77.5 Å². The highest BCUT2D eigenvalue weighted by molar-refractivity contribution is 6.00. The number of pyridine rings is 1. The van der Waals surface area contributed by atoms with Gasteiger partial charge in [-0.3, -0.25) is 19.3 Å². The number of rotatable bonds is 33. The number of nitrogens with zero attached hydrogens (tertiary/aromatic N) is 5. The van der Waals surface area contributed by atoms with Gasteiger partial charge in [0.2, 0.25) is 5.91 Å². The van der Waals surface area contributed by atoms with E-state index in [1.54, 1.807) is 33.0 Å². The number of amides is 2. The third-order valence-electron chi connectivity index (χ3n) is 11.4. The molecular formula is C56H70N6O12. The van der Waals surface area contributed by atoms with Crippen LogP contribution in [-0.4, -0.2) is 127 Å². The van der Waals surface area contributed by atoms with Gasteiger partial charge in [0.25, 0.3) is 0 Å². The molecule has 0 aliphatic rings. The largest absolute Gasteiger partial charge is 0.491 e. The fourth-order valence-corrected chi connectivity index (χ4v) is 7.72. The number of anilines is 1. The Bertz CT molecular complexity index is 2570. The fraction of sp³-hybridized carbons (Fsp3) is 0.446. The lowest BCUT2D eigenvalue weighted by Gasteiger charge is -2.27. The van der Waals surface area contributed by atoms with E-state index in [9.17, 15) is 19.2 Å². The molecule has 0 unspecified atom stereocenters. The van der Waals surface area contributed by atoms with Crippen molar-refractivity contribution >= 4 is 40.3 Å². The number of methoxy groups -OCH3 is 1. The summed E-state index contributed by atoms with van der Waals surface area (Å²) in [7, 11) is 1.31. The molecule has 0 aliphatic heterocycles. The van der Waals surface area contributed by atoms with Crippen molar-refractivity contribution in [3.63, 3.8) is 0 Å². The van der Waals surface area contributed by atoms with E-state index in [0.29, 0.717) is 77.6 Å². The van der Waals surface area contributed by atoms with Gasteiger partial charge in [0, 0.05) is 48.3 Å². The molecule has 396 valence electrons. The van der Waals surface area contributed by atoms with Crippen molar-refractivity contribution < 1.29 is 57.1 Å². The molecule has 0 saturated carbocycles. The van der Waals surface area contributed by atoms with Gasteiger partial charge in [0.05, 0.1) is 79.6 Å². The number of ketones is 1. The van der Waals surface area contributed by atoms with Crippen molar-refractivity contribution in [3.8, 4) is 16.9 Å². The van der Waals surface area contributed by atoms with Crippen LogP contribution < -0.4 is 15.0 Å². The van der Waals surface area contributed by atoms with E-state index in [4.69, 9.17) is 43.4 Å². The van der Waals surface area contributed by atoms with Crippen LogP contribution in [0.5, 0.6) is 5.75 Å². The van der Waals surface area contributed by atoms with Crippen molar-refractivity contribution in [1.29, 1.82) is 0 Å². The van der Waals surface area contributed by atoms with Gasteiger partial charge >= 0.3 is 12.1 Å². The first-order valence-corrected chi connectivity index (χ1v) is 24.9. The third-order valence-corrected chi connectivity index (χ3v) is 11.4. The second-order valence-electron chi connectivity index (χ2n) is 18.2. The molecule has 4 aromatic carbocycles. The van der Waals surface area contributed by atoms with E-state index in [0.717, 1.165) is 38.6 Å². The van der Waals surface area contributed by atoms with Crippen LogP contribution in [0.25, 0.3) is 32.3 Å². The molecule has 0 saturated heterocycles. The van der Waals surface area contributed by atoms with Crippen LogP contribution >= 0.6 is 0 Å². The molecular weight excluding hydrogens is 949 g/mol. The molecule has 18 heteroatoms. The number of carbonyl (C=O) groups excluding carboxylic acids is 4. The number of nitrogens with one attached hydrogen (secondary N) is 1. The molecule has 1 heterocycles. The summed E-state index contributed by atoms with van der Waals surface area (Å²) in [6, 6.07) is 31.7. The highest BCUT2D eigenvalue weighted by Crippen LogP contribution is 2.36. The molecule has 2 amide bonds. The number of hydrogen-bond acceptors (Lipinski definition) is 14. The topological polar surface area (TPSA) is 219 Å². The number of esters is 1. The van der Waals surface area contributed by atoms with E-state index in [1.807, 2.05) is 104 Å². The van der Waals surface area contributed by atoms with Crippen LogP contribution in [0.1, 0.15) is 69.1 Å². The van der Waals surface area contributed by atoms with Gasteiger partial charge in [-0.1, -0.05) is 90.0 Å². The van der Waals surface area contributed by atoms with E-state index in [2.05, 4.69) is 20.3 Å². The summed E-state index contributed by atoms with van der Waals surface area (Å²) in [6.07, 6.45) is 1.12. The molecule has 1 aromatic heterocycles. The molecule has 18 nitrogen and oxygen atoms in total. The van der Waals surface area contributed by atoms with E-state index in [-0.39, 0.29) is 51.2 Å². The zero-order chi connectivity index (χ0) is 53.0. The molecule has 0 radical (unpaired) electrons. The van der Waals surface area contributed by atoms with E-state index < -0.39 is 35.5 Å². The Balaban J connectivity index is 1.19. The normalized spacial score (nSPS) is 12.1. The number of hydrogen-bond donors (Lipinski definition) is 1. The average molecular weight is 1020 g/mol. The van der Waals surface area contributed by atoms with Crippen molar-refractivity contribution in [3.05, 3.63) is 136 Å². The smallest absolute Gasteiger partial charge is 0.416 e. The van der Waals surface area contributed by atoms with Gasteiger partial charge in [0.15, 0.2) is 5.78 Å². The summed E-state index contributed by atoms with van der Waals surface area (Å²) < 4.78 is 45.0. The first-order valence-electron chi connectivity index (χ1n) is 24.9. The second-order valence-corrected chi connectivity index (χ2v) is 18.2. The first-order chi connectivity index (χ1) is 35.8. The van der Waals surface area contributed by atoms with Gasteiger partial charge in [-0.2, -0.15) is 0 Å². The number of benzene rings is 4. The van der Waals surface area contributed by atoms with Gasteiger partial charge in [-0.05, 0) is 91.0 Å². The Morgan fingerprint density at radius 3 is 2.05 bits per heavy atom. The minimum atomic E-state index is -1.03. The minimum Gasteiger partial charge on any atom is -0.491 e. The van der Waals surface area contributed by atoms with Crippen LogP contribution in [0.3, 0.4) is 0 Å². The lowest BCUT2D eigenvalue weighted by Crippen LogP contribution is -2.45. The molecule has 5 rings (SSSR count). The Morgan fingerprint density at radius 2 is 1.41 bits per heavy atom. The van der Waals surface area contributed by atoms with Crippen LogP contribution in [-0.2, 0) is 54.1 Å². The molecule has 5 aromatic rings. The first kappa shape index (κ1) is 58.0. The maximum Gasteiger partial charge on any atom is 0.416 e. The van der Waals surface area contributed by atoms with Crippen LogP contribution in [0.2, 0.25) is 0 Å². The standard InChI is InChI=1S/C56H70N6O12/c1-41-23-24-58-52(36-41)62(55(66)74-56(2,3)4)26-11-16-53(64)60-49(40-72-39-42-12-7-6-8-13-42)50(63)37-45(38-54(65)67-5)43-17-19-44(20-18-43)46-21-22-51(48-15-10-9-14-47(46)48)73-35-34-71-33-32-70-31-30-69-29-28-68-27-25-59-61-57/h6-10,12-15,17-24,36,45,49H,11,16,25-35,37-40H2,1-5H3,(H,60,64)/t45-,49-/m0/s1. The lowest BCUT2D eigenvalue weighted by molar-refractivity contribution is -0.141.